The molecule has 0 aliphatic heterocycles. The number of amides is 1. The van der Waals surface area contributed by atoms with Crippen molar-refractivity contribution < 1.29 is 14.8 Å². The molecule has 1 amide bonds. The number of carbonyl (C=O) groups is 1. The lowest BCUT2D eigenvalue weighted by molar-refractivity contribution is -0.384. The summed E-state index contributed by atoms with van der Waals surface area (Å²) in [6.07, 6.45) is 0. The van der Waals surface area contributed by atoms with Crippen LogP contribution in [0.5, 0.6) is 5.75 Å². The van der Waals surface area contributed by atoms with Gasteiger partial charge >= 0.3 is 0 Å². The summed E-state index contributed by atoms with van der Waals surface area (Å²) in [4.78, 5) is 22.3. The van der Waals surface area contributed by atoms with Crippen molar-refractivity contribution in [2.24, 2.45) is 0 Å². The van der Waals surface area contributed by atoms with E-state index in [4.69, 9.17) is 11.6 Å². The molecular formula is C13H8BrClN2O4. The monoisotopic (exact) mass is 370 g/mol. The lowest BCUT2D eigenvalue weighted by atomic mass is 10.2. The summed E-state index contributed by atoms with van der Waals surface area (Å²) < 4.78 is 0.590. The maximum absolute atomic E-state index is 12.1. The van der Waals surface area contributed by atoms with Crippen LogP contribution in [-0.2, 0) is 0 Å². The summed E-state index contributed by atoms with van der Waals surface area (Å²) in [6.45, 7) is 0. The van der Waals surface area contributed by atoms with E-state index in [1.54, 1.807) is 6.07 Å². The van der Waals surface area contributed by atoms with Gasteiger partial charge in [0.05, 0.1) is 4.92 Å². The number of benzene rings is 2. The summed E-state index contributed by atoms with van der Waals surface area (Å²) in [5, 5.41) is 23.3. The van der Waals surface area contributed by atoms with Crippen LogP contribution in [0.3, 0.4) is 0 Å². The standard InChI is InChI=1S/C13H8BrClN2O4/c14-8-4-7(5-9(15)6-8)13(19)16-12-10(17(20)21)2-1-3-11(12)18/h1-6,18H,(H,16,19). The Morgan fingerprint density at radius 1 is 1.33 bits per heavy atom. The zero-order valence-corrected chi connectivity index (χ0v) is 12.7. The number of phenols is 1. The minimum atomic E-state index is -0.691. The molecule has 0 unspecified atom stereocenters. The summed E-state index contributed by atoms with van der Waals surface area (Å²) in [7, 11) is 0. The van der Waals surface area contributed by atoms with Gasteiger partial charge in [0.2, 0.25) is 0 Å². The fourth-order valence-electron chi connectivity index (χ4n) is 1.68. The van der Waals surface area contributed by atoms with E-state index in [2.05, 4.69) is 21.2 Å². The van der Waals surface area contributed by atoms with Gasteiger partial charge in [0.15, 0.2) is 5.69 Å². The van der Waals surface area contributed by atoms with Crippen molar-refractivity contribution in [3.05, 3.63) is 61.6 Å². The van der Waals surface area contributed by atoms with Gasteiger partial charge in [-0.15, -0.1) is 0 Å². The fourth-order valence-corrected chi connectivity index (χ4v) is 2.54. The average molecular weight is 372 g/mol. The predicted octanol–water partition coefficient (Wildman–Crippen LogP) is 3.97. The molecule has 0 atom stereocenters. The summed E-state index contributed by atoms with van der Waals surface area (Å²) in [5.74, 6) is -1.01. The molecule has 0 aliphatic carbocycles. The number of nitrogens with zero attached hydrogens (tertiary/aromatic N) is 1. The Kier molecular flexibility index (Phi) is 4.44. The fraction of sp³-hybridized carbons (Fsp3) is 0. The van der Waals surface area contributed by atoms with E-state index in [1.807, 2.05) is 0 Å². The van der Waals surface area contributed by atoms with Gasteiger partial charge in [-0.1, -0.05) is 33.6 Å². The van der Waals surface area contributed by atoms with Crippen molar-refractivity contribution in [3.8, 4) is 5.75 Å². The van der Waals surface area contributed by atoms with Crippen LogP contribution >= 0.6 is 27.5 Å². The Labute approximate surface area is 132 Å². The first-order valence-corrected chi connectivity index (χ1v) is 6.79. The molecule has 0 spiro atoms. The normalized spacial score (nSPS) is 10.2. The number of nitro benzene ring substituents is 1. The van der Waals surface area contributed by atoms with Gasteiger partial charge in [0, 0.05) is 21.1 Å². The number of hydrogen-bond donors (Lipinski definition) is 2. The first kappa shape index (κ1) is 15.3. The lowest BCUT2D eigenvalue weighted by Gasteiger charge is -2.08. The molecular weight excluding hydrogens is 364 g/mol. The van der Waals surface area contributed by atoms with Crippen molar-refractivity contribution in [1.29, 1.82) is 0 Å². The maximum Gasteiger partial charge on any atom is 0.296 e. The first-order valence-electron chi connectivity index (χ1n) is 5.62. The molecule has 21 heavy (non-hydrogen) atoms. The third-order valence-electron chi connectivity index (χ3n) is 2.58. The Morgan fingerprint density at radius 3 is 2.67 bits per heavy atom. The van der Waals surface area contributed by atoms with Gasteiger partial charge < -0.3 is 10.4 Å². The average Bonchev–Trinajstić information content (AvgIpc) is 2.39. The molecule has 0 aliphatic rings. The number of rotatable bonds is 3. The number of carbonyl (C=O) groups excluding carboxylic acids is 1. The number of anilines is 1. The van der Waals surface area contributed by atoms with Gasteiger partial charge in [0.1, 0.15) is 5.75 Å². The van der Waals surface area contributed by atoms with Crippen molar-refractivity contribution in [1.82, 2.24) is 0 Å². The summed E-state index contributed by atoms with van der Waals surface area (Å²) >= 11 is 9.04. The van der Waals surface area contributed by atoms with E-state index >= 15 is 0 Å². The van der Waals surface area contributed by atoms with Crippen LogP contribution in [0.2, 0.25) is 5.02 Å². The topological polar surface area (TPSA) is 92.5 Å². The molecule has 0 saturated carbocycles. The molecule has 8 heteroatoms. The van der Waals surface area contributed by atoms with Crippen molar-refractivity contribution in [2.75, 3.05) is 5.32 Å². The molecule has 0 aromatic heterocycles. The van der Waals surface area contributed by atoms with E-state index in [0.29, 0.717) is 9.50 Å². The number of phenolic OH excluding ortho intramolecular Hbond substituents is 1. The number of aromatic hydroxyl groups is 1. The second kappa shape index (κ2) is 6.11. The minimum absolute atomic E-state index is 0.201. The summed E-state index contributed by atoms with van der Waals surface area (Å²) in [6, 6.07) is 8.26. The van der Waals surface area contributed by atoms with Gasteiger partial charge in [-0.3, -0.25) is 14.9 Å². The molecule has 0 bridgehead atoms. The van der Waals surface area contributed by atoms with E-state index in [-0.39, 0.29) is 11.3 Å². The molecule has 0 saturated heterocycles. The van der Waals surface area contributed by atoms with Gasteiger partial charge in [0.25, 0.3) is 11.6 Å². The second-order valence-corrected chi connectivity index (χ2v) is 5.39. The number of halogens is 2. The Hall–Kier alpha value is -2.12. The largest absolute Gasteiger partial charge is 0.505 e. The molecule has 108 valence electrons. The Balaban J connectivity index is 2.38. The molecule has 0 radical (unpaired) electrons. The highest BCUT2D eigenvalue weighted by Crippen LogP contribution is 2.33. The molecule has 0 heterocycles. The van der Waals surface area contributed by atoms with Crippen LogP contribution in [0.15, 0.2) is 40.9 Å². The first-order chi connectivity index (χ1) is 9.88. The maximum atomic E-state index is 12.1. The van der Waals surface area contributed by atoms with Crippen molar-refractivity contribution in [3.63, 3.8) is 0 Å². The summed E-state index contributed by atoms with van der Waals surface area (Å²) in [5.41, 5.74) is -0.458. The molecule has 2 N–H and O–H groups in total. The van der Waals surface area contributed by atoms with Gasteiger partial charge in [-0.25, -0.2) is 0 Å². The van der Waals surface area contributed by atoms with E-state index < -0.39 is 22.3 Å². The molecule has 2 rings (SSSR count). The highest BCUT2D eigenvalue weighted by Gasteiger charge is 2.20. The molecule has 6 nitrogen and oxygen atoms in total. The smallest absolute Gasteiger partial charge is 0.296 e. The van der Waals surface area contributed by atoms with Crippen LogP contribution < -0.4 is 5.32 Å². The predicted molar refractivity (Wildman–Crippen MR) is 81.9 cm³/mol. The van der Waals surface area contributed by atoms with E-state index in [9.17, 15) is 20.0 Å². The quantitative estimate of drug-likeness (QED) is 0.485. The zero-order valence-electron chi connectivity index (χ0n) is 10.3. The Bertz CT molecular complexity index is 716. The van der Waals surface area contributed by atoms with Gasteiger partial charge in [-0.05, 0) is 24.3 Å². The minimum Gasteiger partial charge on any atom is -0.505 e. The number of para-hydroxylation sites is 1. The van der Waals surface area contributed by atoms with Crippen LogP contribution in [-0.4, -0.2) is 15.9 Å². The van der Waals surface area contributed by atoms with Crippen LogP contribution in [0.1, 0.15) is 10.4 Å². The third kappa shape index (κ3) is 3.50. The number of hydrogen-bond acceptors (Lipinski definition) is 4. The molecule has 2 aromatic carbocycles. The van der Waals surface area contributed by atoms with Crippen molar-refractivity contribution >= 4 is 44.8 Å². The number of nitro groups is 1. The van der Waals surface area contributed by atoms with Crippen LogP contribution in [0.4, 0.5) is 11.4 Å². The lowest BCUT2D eigenvalue weighted by Crippen LogP contribution is -2.13. The van der Waals surface area contributed by atoms with Crippen LogP contribution in [0.25, 0.3) is 0 Å². The highest BCUT2D eigenvalue weighted by molar-refractivity contribution is 9.10. The van der Waals surface area contributed by atoms with E-state index in [1.165, 1.54) is 30.3 Å². The zero-order chi connectivity index (χ0) is 15.6. The van der Waals surface area contributed by atoms with Gasteiger partial charge in [-0.2, -0.15) is 0 Å². The third-order valence-corrected chi connectivity index (χ3v) is 3.26. The second-order valence-electron chi connectivity index (χ2n) is 4.04. The number of nitrogens with one attached hydrogen (secondary N) is 1. The Morgan fingerprint density at radius 2 is 2.05 bits per heavy atom. The molecule has 0 fully saturated rings. The molecule has 2 aromatic rings. The SMILES string of the molecule is O=C(Nc1c(O)cccc1[N+](=O)[O-])c1cc(Cl)cc(Br)c1. The van der Waals surface area contributed by atoms with Crippen LogP contribution in [0, 0.1) is 10.1 Å². The highest BCUT2D eigenvalue weighted by atomic mass is 79.9. The van der Waals surface area contributed by atoms with Crippen molar-refractivity contribution in [2.45, 2.75) is 0 Å². The van der Waals surface area contributed by atoms with E-state index in [0.717, 1.165) is 0 Å².